The molecule has 1 aliphatic rings. The first kappa shape index (κ1) is 28.0. The van der Waals surface area contributed by atoms with Crippen molar-refractivity contribution in [3.05, 3.63) is 108 Å². The zero-order valence-corrected chi connectivity index (χ0v) is 23.1. The van der Waals surface area contributed by atoms with Gasteiger partial charge in [0.15, 0.2) is 0 Å². The molecular formula is C33H33FN2O5. The predicted octanol–water partition coefficient (Wildman–Crippen LogP) is 6.15. The predicted molar refractivity (Wildman–Crippen MR) is 155 cm³/mol. The van der Waals surface area contributed by atoms with Crippen molar-refractivity contribution in [1.82, 2.24) is 9.80 Å². The van der Waals surface area contributed by atoms with Crippen LogP contribution in [0.25, 0.3) is 10.8 Å². The average molecular weight is 557 g/mol. The van der Waals surface area contributed by atoms with Gasteiger partial charge in [-0.15, -0.1) is 0 Å². The van der Waals surface area contributed by atoms with Crippen LogP contribution in [-0.4, -0.2) is 58.7 Å². The highest BCUT2D eigenvalue weighted by Gasteiger charge is 2.36. The van der Waals surface area contributed by atoms with Gasteiger partial charge in [0.1, 0.15) is 17.3 Å². The molecule has 1 heterocycles. The summed E-state index contributed by atoms with van der Waals surface area (Å²) in [5.41, 5.74) is 0.331. The molecule has 4 aromatic rings. The fraction of sp³-hybridized carbons (Fsp3) is 0.273. The summed E-state index contributed by atoms with van der Waals surface area (Å²) in [6.07, 6.45) is 0.794. The maximum absolute atomic E-state index is 13.2. The highest BCUT2D eigenvalue weighted by molar-refractivity contribution is 5.83. The van der Waals surface area contributed by atoms with Crippen molar-refractivity contribution in [2.24, 2.45) is 0 Å². The minimum absolute atomic E-state index is 0.0110. The van der Waals surface area contributed by atoms with Gasteiger partial charge in [-0.25, -0.2) is 14.0 Å². The number of aliphatic carboxylic acids is 1. The molecule has 1 fully saturated rings. The lowest BCUT2D eigenvalue weighted by Crippen LogP contribution is -2.43. The second-order valence-electron chi connectivity index (χ2n) is 10.7. The molecule has 0 spiro atoms. The van der Waals surface area contributed by atoms with Gasteiger partial charge in [-0.1, -0.05) is 48.5 Å². The monoisotopic (exact) mass is 556 g/mol. The van der Waals surface area contributed by atoms with E-state index >= 15 is 0 Å². The number of hydrogen-bond donors (Lipinski definition) is 1. The average Bonchev–Trinajstić information content (AvgIpc) is 3.22. The van der Waals surface area contributed by atoms with Crippen LogP contribution in [0.4, 0.5) is 9.18 Å². The maximum atomic E-state index is 13.2. The lowest BCUT2D eigenvalue weighted by Gasteiger charge is -2.26. The summed E-state index contributed by atoms with van der Waals surface area (Å²) in [5, 5.41) is 12.2. The number of amides is 2. The molecular weight excluding hydrogens is 523 g/mol. The van der Waals surface area contributed by atoms with Crippen LogP contribution in [0.5, 0.6) is 11.5 Å². The fourth-order valence-electron chi connectivity index (χ4n) is 5.13. The molecule has 2 atom stereocenters. The maximum Gasteiger partial charge on any atom is 0.348 e. The smallest absolute Gasteiger partial charge is 0.348 e. The SMILES string of the molecule is CN1C(=O)N(Cc2ccc3ccccc3c2)CC1CCOc1ccc(CC(C)(Oc2ccc(F)cc2)C(=O)O)cc1. The summed E-state index contributed by atoms with van der Waals surface area (Å²) >= 11 is 0. The van der Waals surface area contributed by atoms with Crippen LogP contribution in [-0.2, 0) is 17.8 Å². The van der Waals surface area contributed by atoms with E-state index in [0.29, 0.717) is 31.9 Å². The zero-order chi connectivity index (χ0) is 29.0. The van der Waals surface area contributed by atoms with E-state index < -0.39 is 17.4 Å². The van der Waals surface area contributed by atoms with E-state index in [1.807, 2.05) is 24.1 Å². The van der Waals surface area contributed by atoms with Crippen LogP contribution in [0.3, 0.4) is 0 Å². The normalized spacial score (nSPS) is 16.6. The number of halogens is 1. The van der Waals surface area contributed by atoms with Crippen molar-refractivity contribution in [2.75, 3.05) is 20.2 Å². The number of hydrogen-bond acceptors (Lipinski definition) is 4. The number of benzene rings is 4. The van der Waals surface area contributed by atoms with Crippen molar-refractivity contribution in [3.63, 3.8) is 0 Å². The Morgan fingerprint density at radius 2 is 1.61 bits per heavy atom. The standard InChI is InChI=1S/C33H33FN2O5/c1-33(31(37)38,41-30-15-11-27(34)12-16-30)20-23-8-13-29(14-9-23)40-18-17-28-22-36(32(39)35(28)2)21-24-7-10-25-5-3-4-6-26(25)19-24/h3-16,19,28H,17-18,20-22H2,1-2H3,(H,37,38). The lowest BCUT2D eigenvalue weighted by atomic mass is 9.96. The number of carbonyl (C=O) groups excluding carboxylic acids is 1. The largest absolute Gasteiger partial charge is 0.494 e. The van der Waals surface area contributed by atoms with E-state index in [1.165, 1.54) is 36.6 Å². The third kappa shape index (κ3) is 6.60. The third-order valence-corrected chi connectivity index (χ3v) is 7.53. The molecule has 0 bridgehead atoms. The van der Waals surface area contributed by atoms with E-state index in [0.717, 1.165) is 16.5 Å². The van der Waals surface area contributed by atoms with Gasteiger partial charge in [0.25, 0.3) is 0 Å². The second kappa shape index (κ2) is 11.9. The zero-order valence-electron chi connectivity index (χ0n) is 23.1. The van der Waals surface area contributed by atoms with E-state index in [9.17, 15) is 19.1 Å². The lowest BCUT2D eigenvalue weighted by molar-refractivity contribution is -0.153. The summed E-state index contributed by atoms with van der Waals surface area (Å²) in [6.45, 7) is 3.12. The molecule has 1 aliphatic heterocycles. The quantitative estimate of drug-likeness (QED) is 0.240. The topological polar surface area (TPSA) is 79.3 Å². The van der Waals surface area contributed by atoms with Crippen LogP contribution in [0, 0.1) is 5.82 Å². The molecule has 0 radical (unpaired) electrons. The van der Waals surface area contributed by atoms with Crippen LogP contribution in [0.2, 0.25) is 0 Å². The Bertz CT molecular complexity index is 1530. The number of carbonyl (C=O) groups is 2. The van der Waals surface area contributed by atoms with E-state index in [-0.39, 0.29) is 24.2 Å². The van der Waals surface area contributed by atoms with Gasteiger partial charge in [0.2, 0.25) is 5.60 Å². The first-order valence-electron chi connectivity index (χ1n) is 13.6. The summed E-state index contributed by atoms with van der Waals surface area (Å²) in [7, 11) is 1.83. The van der Waals surface area contributed by atoms with Gasteiger partial charge in [-0.05, 0) is 71.3 Å². The van der Waals surface area contributed by atoms with E-state index in [1.54, 1.807) is 29.2 Å². The molecule has 7 nitrogen and oxygen atoms in total. The summed E-state index contributed by atoms with van der Waals surface area (Å²) in [6, 6.07) is 27.0. The summed E-state index contributed by atoms with van der Waals surface area (Å²) in [5.74, 6) is -0.603. The Balaban J connectivity index is 1.13. The second-order valence-corrected chi connectivity index (χ2v) is 10.7. The molecule has 4 aromatic carbocycles. The van der Waals surface area contributed by atoms with E-state index in [4.69, 9.17) is 9.47 Å². The van der Waals surface area contributed by atoms with Gasteiger partial charge < -0.3 is 24.4 Å². The van der Waals surface area contributed by atoms with Gasteiger partial charge >= 0.3 is 12.0 Å². The molecule has 5 rings (SSSR count). The van der Waals surface area contributed by atoms with Crippen molar-refractivity contribution < 1.29 is 28.6 Å². The number of ether oxygens (including phenoxy) is 2. The molecule has 1 N–H and O–H groups in total. The highest BCUT2D eigenvalue weighted by atomic mass is 19.1. The molecule has 8 heteroatoms. The molecule has 0 aromatic heterocycles. The van der Waals surface area contributed by atoms with Crippen LogP contribution >= 0.6 is 0 Å². The molecule has 212 valence electrons. The molecule has 2 unspecified atom stereocenters. The Morgan fingerprint density at radius 1 is 0.951 bits per heavy atom. The number of carboxylic acids is 1. The number of rotatable bonds is 11. The van der Waals surface area contributed by atoms with Crippen LogP contribution in [0.1, 0.15) is 24.5 Å². The minimum atomic E-state index is -1.53. The number of urea groups is 1. The number of carboxylic acid groups (broad SMARTS) is 1. The Hall–Kier alpha value is -4.59. The molecule has 41 heavy (non-hydrogen) atoms. The first-order chi connectivity index (χ1) is 19.7. The van der Waals surface area contributed by atoms with E-state index in [2.05, 4.69) is 30.3 Å². The van der Waals surface area contributed by atoms with Gasteiger partial charge in [-0.2, -0.15) is 0 Å². The molecule has 0 aliphatic carbocycles. The van der Waals surface area contributed by atoms with Gasteiger partial charge in [0.05, 0.1) is 12.6 Å². The van der Waals surface area contributed by atoms with Crippen molar-refractivity contribution in [2.45, 2.75) is 38.0 Å². The molecule has 2 amide bonds. The minimum Gasteiger partial charge on any atom is -0.494 e. The first-order valence-corrected chi connectivity index (χ1v) is 13.6. The molecule has 1 saturated heterocycles. The fourth-order valence-corrected chi connectivity index (χ4v) is 5.13. The summed E-state index contributed by atoms with van der Waals surface area (Å²) < 4.78 is 24.9. The number of nitrogens with zero attached hydrogens (tertiary/aromatic N) is 2. The molecule has 0 saturated carbocycles. The van der Waals surface area contributed by atoms with Crippen LogP contribution < -0.4 is 9.47 Å². The Kier molecular flexibility index (Phi) is 8.10. The Morgan fingerprint density at radius 3 is 2.32 bits per heavy atom. The van der Waals surface area contributed by atoms with Crippen molar-refractivity contribution in [1.29, 1.82) is 0 Å². The van der Waals surface area contributed by atoms with Crippen LogP contribution in [0.15, 0.2) is 91.0 Å². The van der Waals surface area contributed by atoms with Crippen molar-refractivity contribution >= 4 is 22.8 Å². The number of fused-ring (bicyclic) bond motifs is 1. The number of likely N-dealkylation sites (N-methyl/N-ethyl adjacent to an activating group) is 1. The third-order valence-electron chi connectivity index (χ3n) is 7.53. The van der Waals surface area contributed by atoms with Gasteiger partial charge in [-0.3, -0.25) is 0 Å². The Labute approximate surface area is 238 Å². The van der Waals surface area contributed by atoms with Gasteiger partial charge in [0, 0.05) is 33.0 Å². The van der Waals surface area contributed by atoms with Crippen molar-refractivity contribution in [3.8, 4) is 11.5 Å². The summed E-state index contributed by atoms with van der Waals surface area (Å²) in [4.78, 5) is 28.5. The highest BCUT2D eigenvalue weighted by Crippen LogP contribution is 2.26.